The number of hydrogen-bond acceptors (Lipinski definition) is 4. The Balaban J connectivity index is 1.87. The van der Waals surface area contributed by atoms with E-state index < -0.39 is 0 Å². The third-order valence-corrected chi connectivity index (χ3v) is 5.30. The van der Waals surface area contributed by atoms with Crippen LogP contribution < -0.4 is 5.32 Å². The lowest BCUT2D eigenvalue weighted by Crippen LogP contribution is -2.57. The molecule has 0 aromatic carbocycles. The van der Waals surface area contributed by atoms with E-state index in [2.05, 4.69) is 41.1 Å². The van der Waals surface area contributed by atoms with Crippen LogP contribution in [0.2, 0.25) is 0 Å². The summed E-state index contributed by atoms with van der Waals surface area (Å²) in [4.78, 5) is 9.21. The highest BCUT2D eigenvalue weighted by Crippen LogP contribution is 2.25. The van der Waals surface area contributed by atoms with Crippen LogP contribution in [0.1, 0.15) is 26.2 Å². The first-order valence-corrected chi connectivity index (χ1v) is 8.90. The summed E-state index contributed by atoms with van der Waals surface area (Å²) < 4.78 is 11.1. The summed E-state index contributed by atoms with van der Waals surface area (Å²) in [5.74, 6) is 1.65. The number of nitrogens with zero attached hydrogens (tertiary/aromatic N) is 3. The van der Waals surface area contributed by atoms with Gasteiger partial charge >= 0.3 is 0 Å². The Hall–Kier alpha value is -0.850. The number of rotatable bonds is 6. The summed E-state index contributed by atoms with van der Waals surface area (Å²) in [6, 6.07) is 0. The highest BCUT2D eigenvalue weighted by molar-refractivity contribution is 5.80. The fourth-order valence-corrected chi connectivity index (χ4v) is 3.55. The van der Waals surface area contributed by atoms with E-state index >= 15 is 0 Å². The molecule has 6 nitrogen and oxygen atoms in total. The van der Waals surface area contributed by atoms with Crippen molar-refractivity contribution in [2.75, 3.05) is 67.2 Å². The van der Waals surface area contributed by atoms with Gasteiger partial charge < -0.3 is 24.6 Å². The molecule has 1 N–H and O–H groups in total. The summed E-state index contributed by atoms with van der Waals surface area (Å²) in [6.07, 6.45) is 3.32. The molecule has 2 aliphatic heterocycles. The minimum atomic E-state index is 0.165. The molecule has 23 heavy (non-hydrogen) atoms. The molecule has 0 bridgehead atoms. The molecule has 0 radical (unpaired) electrons. The third kappa shape index (κ3) is 4.81. The Morgan fingerprint density at radius 1 is 1.39 bits per heavy atom. The molecular formula is C17H34N4O2. The van der Waals surface area contributed by atoms with Crippen molar-refractivity contribution in [2.45, 2.75) is 31.7 Å². The lowest BCUT2D eigenvalue weighted by atomic mass is 9.88. The van der Waals surface area contributed by atoms with Crippen LogP contribution in [0.4, 0.5) is 0 Å². The highest BCUT2D eigenvalue weighted by Gasteiger charge is 2.35. The van der Waals surface area contributed by atoms with Crippen LogP contribution in [0, 0.1) is 5.92 Å². The number of hydrogen-bond donors (Lipinski definition) is 1. The minimum absolute atomic E-state index is 0.165. The van der Waals surface area contributed by atoms with Gasteiger partial charge in [0.05, 0.1) is 6.61 Å². The van der Waals surface area contributed by atoms with Crippen molar-refractivity contribution < 1.29 is 9.47 Å². The molecule has 0 spiro atoms. The van der Waals surface area contributed by atoms with Crippen LogP contribution in [0.3, 0.4) is 0 Å². The first kappa shape index (κ1) is 18.5. The topological polar surface area (TPSA) is 49.3 Å². The maximum absolute atomic E-state index is 5.57. The van der Waals surface area contributed by atoms with Gasteiger partial charge in [-0.05, 0) is 40.3 Å². The zero-order valence-electron chi connectivity index (χ0n) is 15.3. The molecule has 2 aliphatic rings. The van der Waals surface area contributed by atoms with E-state index in [0.717, 1.165) is 64.9 Å². The van der Waals surface area contributed by atoms with E-state index in [1.54, 1.807) is 0 Å². The van der Waals surface area contributed by atoms with Gasteiger partial charge in [-0.3, -0.25) is 4.99 Å². The largest absolute Gasteiger partial charge is 0.381 e. The molecule has 0 aliphatic carbocycles. The molecule has 0 aromatic rings. The van der Waals surface area contributed by atoms with Gasteiger partial charge in [0.25, 0.3) is 0 Å². The summed E-state index contributed by atoms with van der Waals surface area (Å²) in [7, 11) is 6.22. The van der Waals surface area contributed by atoms with Crippen LogP contribution in [0.5, 0.6) is 0 Å². The van der Waals surface area contributed by atoms with Crippen LogP contribution in [-0.2, 0) is 9.47 Å². The molecular weight excluding hydrogens is 292 g/mol. The maximum atomic E-state index is 5.57. The summed E-state index contributed by atoms with van der Waals surface area (Å²) in [5, 5.41) is 3.62. The minimum Gasteiger partial charge on any atom is -0.381 e. The number of likely N-dealkylation sites (N-methyl/N-ethyl adjacent to an activating group) is 1. The molecule has 2 fully saturated rings. The van der Waals surface area contributed by atoms with Crippen LogP contribution in [0.15, 0.2) is 4.99 Å². The van der Waals surface area contributed by atoms with E-state index in [1.165, 1.54) is 6.42 Å². The Labute approximate surface area is 141 Å². The second-order valence-corrected chi connectivity index (χ2v) is 6.89. The molecule has 0 aromatic heterocycles. The van der Waals surface area contributed by atoms with Crippen molar-refractivity contribution in [2.24, 2.45) is 10.9 Å². The normalized spacial score (nSPS) is 25.2. The fourth-order valence-electron chi connectivity index (χ4n) is 3.55. The Morgan fingerprint density at radius 3 is 2.74 bits per heavy atom. The lowest BCUT2D eigenvalue weighted by molar-refractivity contribution is -0.00523. The van der Waals surface area contributed by atoms with Crippen LogP contribution >= 0.6 is 0 Å². The number of ether oxygens (including phenoxy) is 2. The molecule has 2 saturated heterocycles. The second kappa shape index (κ2) is 8.85. The summed E-state index contributed by atoms with van der Waals surface area (Å²) in [6.45, 7) is 8.44. The van der Waals surface area contributed by atoms with Crippen molar-refractivity contribution >= 4 is 5.96 Å². The zero-order valence-corrected chi connectivity index (χ0v) is 15.3. The second-order valence-electron chi connectivity index (χ2n) is 6.89. The molecule has 0 saturated carbocycles. The van der Waals surface area contributed by atoms with E-state index in [0.29, 0.717) is 5.92 Å². The molecule has 1 unspecified atom stereocenters. The van der Waals surface area contributed by atoms with Crippen LogP contribution in [0.25, 0.3) is 0 Å². The third-order valence-electron chi connectivity index (χ3n) is 5.30. The standard InChI is InChI=1S/C17H34N4O2/c1-5-22-13-15-6-9-21(12-15)16(18-2)19-14-17(20(3)4)7-10-23-11-8-17/h15H,5-14H2,1-4H3,(H,18,19). The van der Waals surface area contributed by atoms with Gasteiger partial charge in [-0.15, -0.1) is 0 Å². The molecule has 6 heteroatoms. The first-order chi connectivity index (χ1) is 11.1. The van der Waals surface area contributed by atoms with Gasteiger partial charge in [-0.25, -0.2) is 0 Å². The number of nitrogens with one attached hydrogen (secondary N) is 1. The van der Waals surface area contributed by atoms with Crippen molar-refractivity contribution in [3.8, 4) is 0 Å². The monoisotopic (exact) mass is 326 g/mol. The molecule has 1 atom stereocenters. The Kier molecular flexibility index (Phi) is 7.11. The maximum Gasteiger partial charge on any atom is 0.193 e. The highest BCUT2D eigenvalue weighted by atomic mass is 16.5. The van der Waals surface area contributed by atoms with E-state index in [-0.39, 0.29) is 5.54 Å². The van der Waals surface area contributed by atoms with Crippen molar-refractivity contribution in [1.29, 1.82) is 0 Å². The van der Waals surface area contributed by atoms with E-state index in [4.69, 9.17) is 9.47 Å². The number of guanidine groups is 1. The SMILES string of the molecule is CCOCC1CCN(C(=NC)NCC2(N(C)C)CCOCC2)C1. The summed E-state index contributed by atoms with van der Waals surface area (Å²) in [5.41, 5.74) is 0.165. The summed E-state index contributed by atoms with van der Waals surface area (Å²) >= 11 is 0. The van der Waals surface area contributed by atoms with Crippen molar-refractivity contribution in [3.63, 3.8) is 0 Å². The van der Waals surface area contributed by atoms with Gasteiger partial charge in [-0.1, -0.05) is 0 Å². The van der Waals surface area contributed by atoms with Gasteiger partial charge in [0.2, 0.25) is 0 Å². The van der Waals surface area contributed by atoms with Crippen LogP contribution in [-0.4, -0.2) is 88.5 Å². The molecule has 2 rings (SSSR count). The zero-order chi connectivity index (χ0) is 16.7. The average molecular weight is 326 g/mol. The Bertz CT molecular complexity index is 381. The fraction of sp³-hybridized carbons (Fsp3) is 0.941. The smallest absolute Gasteiger partial charge is 0.193 e. The molecule has 2 heterocycles. The van der Waals surface area contributed by atoms with Gasteiger partial charge in [0.1, 0.15) is 0 Å². The average Bonchev–Trinajstić information content (AvgIpc) is 3.03. The quantitative estimate of drug-likeness (QED) is 0.584. The predicted molar refractivity (Wildman–Crippen MR) is 94.0 cm³/mol. The predicted octanol–water partition coefficient (Wildman–Crippen LogP) is 1.03. The molecule has 134 valence electrons. The Morgan fingerprint density at radius 2 is 2.13 bits per heavy atom. The van der Waals surface area contributed by atoms with Gasteiger partial charge in [0.15, 0.2) is 5.96 Å². The number of aliphatic imine (C=N–C) groups is 1. The van der Waals surface area contributed by atoms with Gasteiger partial charge in [-0.2, -0.15) is 0 Å². The van der Waals surface area contributed by atoms with Crippen molar-refractivity contribution in [3.05, 3.63) is 0 Å². The molecule has 0 amide bonds. The number of likely N-dealkylation sites (tertiary alicyclic amines) is 1. The van der Waals surface area contributed by atoms with Crippen molar-refractivity contribution in [1.82, 2.24) is 15.1 Å². The first-order valence-electron chi connectivity index (χ1n) is 8.90. The van der Waals surface area contributed by atoms with E-state index in [1.807, 2.05) is 7.05 Å². The van der Waals surface area contributed by atoms with E-state index in [9.17, 15) is 0 Å². The van der Waals surface area contributed by atoms with Gasteiger partial charge in [0, 0.05) is 58.0 Å². The lowest BCUT2D eigenvalue weighted by Gasteiger charge is -2.43.